The number of carbonyl (C=O) groups is 3. The number of carboxylic acids is 1. The third kappa shape index (κ3) is 6.11. The number of amides is 2. The quantitative estimate of drug-likeness (QED) is 0.677. The Morgan fingerprint density at radius 2 is 1.74 bits per heavy atom. The zero-order chi connectivity index (χ0) is 20.0. The first-order valence-corrected chi connectivity index (χ1v) is 8.82. The predicted molar refractivity (Wildman–Crippen MR) is 104 cm³/mol. The molecule has 0 aliphatic heterocycles. The highest BCUT2D eigenvalue weighted by molar-refractivity contribution is 6.30. The summed E-state index contributed by atoms with van der Waals surface area (Å²) in [6, 6.07) is 12.2. The average Bonchev–Trinajstić information content (AvgIpc) is 2.59. The molecule has 142 valence electrons. The zero-order valence-corrected chi connectivity index (χ0v) is 15.8. The van der Waals surface area contributed by atoms with Gasteiger partial charge in [0.25, 0.3) is 5.91 Å². The fraction of sp³-hybridized carbons (Fsp3) is 0.250. The van der Waals surface area contributed by atoms with Crippen LogP contribution < -0.4 is 10.6 Å². The van der Waals surface area contributed by atoms with Crippen molar-refractivity contribution < 1.29 is 19.5 Å². The van der Waals surface area contributed by atoms with Gasteiger partial charge in [0, 0.05) is 16.3 Å². The summed E-state index contributed by atoms with van der Waals surface area (Å²) in [7, 11) is 0. The van der Waals surface area contributed by atoms with Crippen LogP contribution in [0.5, 0.6) is 0 Å². The van der Waals surface area contributed by atoms with Gasteiger partial charge in [-0.2, -0.15) is 0 Å². The maximum Gasteiger partial charge on any atom is 0.307 e. The van der Waals surface area contributed by atoms with Crippen molar-refractivity contribution in [3.8, 4) is 0 Å². The Morgan fingerprint density at radius 1 is 1.07 bits per heavy atom. The van der Waals surface area contributed by atoms with Gasteiger partial charge < -0.3 is 15.7 Å². The summed E-state index contributed by atoms with van der Waals surface area (Å²) in [6.07, 6.45) is -0.134. The summed E-state index contributed by atoms with van der Waals surface area (Å²) in [5, 5.41) is 14.9. The van der Waals surface area contributed by atoms with Gasteiger partial charge in [-0.15, -0.1) is 0 Å². The molecule has 0 aromatic heterocycles. The Balaban J connectivity index is 2.09. The lowest BCUT2D eigenvalue weighted by atomic mass is 10.0. The first-order chi connectivity index (χ1) is 12.8. The maximum absolute atomic E-state index is 12.6. The molecule has 0 radical (unpaired) electrons. The van der Waals surface area contributed by atoms with Crippen molar-refractivity contribution in [2.45, 2.75) is 26.3 Å². The van der Waals surface area contributed by atoms with E-state index >= 15 is 0 Å². The van der Waals surface area contributed by atoms with Gasteiger partial charge in [-0.1, -0.05) is 37.6 Å². The third-order valence-corrected chi connectivity index (χ3v) is 4.14. The summed E-state index contributed by atoms with van der Waals surface area (Å²) in [5.41, 5.74) is 1.46. The number of nitrogens with one attached hydrogen (secondary N) is 2. The Labute approximate surface area is 162 Å². The Hall–Kier alpha value is -2.86. The topological polar surface area (TPSA) is 95.5 Å². The number of carboxylic acid groups (broad SMARTS) is 1. The molecule has 0 heterocycles. The molecule has 0 saturated carbocycles. The van der Waals surface area contributed by atoms with Crippen molar-refractivity contribution >= 4 is 35.1 Å². The second kappa shape index (κ2) is 9.19. The largest absolute Gasteiger partial charge is 0.481 e. The highest BCUT2D eigenvalue weighted by Gasteiger charge is 2.25. The van der Waals surface area contributed by atoms with Crippen LogP contribution in [0, 0.1) is 5.92 Å². The van der Waals surface area contributed by atoms with E-state index < -0.39 is 12.0 Å². The Morgan fingerprint density at radius 3 is 2.33 bits per heavy atom. The van der Waals surface area contributed by atoms with Gasteiger partial charge in [0.05, 0.1) is 6.42 Å². The number of rotatable bonds is 7. The van der Waals surface area contributed by atoms with E-state index in [-0.39, 0.29) is 24.2 Å². The summed E-state index contributed by atoms with van der Waals surface area (Å²) in [6.45, 7) is 3.65. The molecule has 1 unspecified atom stereocenters. The van der Waals surface area contributed by atoms with Gasteiger partial charge in [0.1, 0.15) is 6.04 Å². The molecule has 2 amide bonds. The number of hydrogen-bond acceptors (Lipinski definition) is 3. The van der Waals surface area contributed by atoms with Crippen LogP contribution in [0.25, 0.3) is 0 Å². The average molecular weight is 389 g/mol. The molecule has 0 bridgehead atoms. The van der Waals surface area contributed by atoms with Crippen molar-refractivity contribution in [1.29, 1.82) is 0 Å². The molecule has 0 spiro atoms. The van der Waals surface area contributed by atoms with E-state index in [1.165, 1.54) is 0 Å². The van der Waals surface area contributed by atoms with Crippen LogP contribution in [-0.4, -0.2) is 28.9 Å². The van der Waals surface area contributed by atoms with Crippen LogP contribution in [0.4, 0.5) is 5.69 Å². The van der Waals surface area contributed by atoms with Crippen molar-refractivity contribution in [2.24, 2.45) is 5.92 Å². The van der Waals surface area contributed by atoms with E-state index in [2.05, 4.69) is 10.6 Å². The predicted octanol–water partition coefficient (Wildman–Crippen LogP) is 3.36. The molecule has 0 aliphatic rings. The van der Waals surface area contributed by atoms with Gasteiger partial charge in [-0.05, 0) is 47.9 Å². The molecular formula is C20H21ClN2O4. The molecular weight excluding hydrogens is 368 g/mol. The summed E-state index contributed by atoms with van der Waals surface area (Å²) < 4.78 is 0. The lowest BCUT2D eigenvalue weighted by Crippen LogP contribution is -2.47. The van der Waals surface area contributed by atoms with Crippen molar-refractivity contribution in [3.63, 3.8) is 0 Å². The summed E-state index contributed by atoms with van der Waals surface area (Å²) in [4.78, 5) is 35.9. The summed E-state index contributed by atoms with van der Waals surface area (Å²) >= 11 is 5.82. The van der Waals surface area contributed by atoms with Gasteiger partial charge in [-0.25, -0.2) is 0 Å². The van der Waals surface area contributed by atoms with Crippen LogP contribution in [0.3, 0.4) is 0 Å². The molecule has 2 aromatic rings. The van der Waals surface area contributed by atoms with E-state index in [4.69, 9.17) is 16.7 Å². The molecule has 0 aliphatic carbocycles. The first-order valence-electron chi connectivity index (χ1n) is 8.44. The van der Waals surface area contributed by atoms with E-state index in [0.717, 1.165) is 0 Å². The second-order valence-electron chi connectivity index (χ2n) is 6.46. The number of aliphatic carboxylic acids is 1. The molecule has 7 heteroatoms. The smallest absolute Gasteiger partial charge is 0.307 e. The van der Waals surface area contributed by atoms with E-state index in [1.807, 2.05) is 13.8 Å². The standard InChI is InChI=1S/C20H21ClN2O4/c1-12(2)18(23-19(26)14-6-8-15(21)9-7-14)20(27)22-16-5-3-4-13(10-16)11-17(24)25/h3-10,12,18H,11H2,1-2H3,(H,22,27)(H,23,26)(H,24,25). The number of benzene rings is 2. The lowest BCUT2D eigenvalue weighted by molar-refractivity contribution is -0.136. The highest BCUT2D eigenvalue weighted by Crippen LogP contribution is 2.14. The van der Waals surface area contributed by atoms with E-state index in [0.29, 0.717) is 21.8 Å². The fourth-order valence-corrected chi connectivity index (χ4v) is 2.64. The summed E-state index contributed by atoms with van der Waals surface area (Å²) in [5.74, 6) is -1.85. The second-order valence-corrected chi connectivity index (χ2v) is 6.90. The minimum atomic E-state index is -0.950. The van der Waals surface area contributed by atoms with Gasteiger partial charge in [0.2, 0.25) is 5.91 Å². The molecule has 2 aromatic carbocycles. The SMILES string of the molecule is CC(C)C(NC(=O)c1ccc(Cl)cc1)C(=O)Nc1cccc(CC(=O)O)c1. The molecule has 27 heavy (non-hydrogen) atoms. The van der Waals surface area contributed by atoms with Crippen molar-refractivity contribution in [3.05, 3.63) is 64.7 Å². The molecule has 6 nitrogen and oxygen atoms in total. The minimum Gasteiger partial charge on any atom is -0.481 e. The van der Waals surface area contributed by atoms with E-state index in [9.17, 15) is 14.4 Å². The van der Waals surface area contributed by atoms with Crippen LogP contribution >= 0.6 is 11.6 Å². The van der Waals surface area contributed by atoms with Crippen molar-refractivity contribution in [1.82, 2.24) is 5.32 Å². The van der Waals surface area contributed by atoms with Gasteiger partial charge in [-0.3, -0.25) is 14.4 Å². The number of carbonyl (C=O) groups excluding carboxylic acids is 2. The van der Waals surface area contributed by atoms with Gasteiger partial charge in [0.15, 0.2) is 0 Å². The Bertz CT molecular complexity index is 834. The maximum atomic E-state index is 12.6. The molecule has 3 N–H and O–H groups in total. The molecule has 0 fully saturated rings. The first kappa shape index (κ1) is 20.5. The molecule has 1 atom stereocenters. The van der Waals surface area contributed by atoms with Crippen LogP contribution in [0.15, 0.2) is 48.5 Å². The normalized spacial score (nSPS) is 11.7. The van der Waals surface area contributed by atoms with Gasteiger partial charge >= 0.3 is 5.97 Å². The molecule has 0 saturated heterocycles. The van der Waals surface area contributed by atoms with Crippen molar-refractivity contribution in [2.75, 3.05) is 5.32 Å². The number of anilines is 1. The number of halogens is 1. The van der Waals surface area contributed by atoms with E-state index in [1.54, 1.807) is 48.5 Å². The number of hydrogen-bond donors (Lipinski definition) is 3. The lowest BCUT2D eigenvalue weighted by Gasteiger charge is -2.22. The van der Waals surface area contributed by atoms with Crippen LogP contribution in [0.2, 0.25) is 5.02 Å². The zero-order valence-electron chi connectivity index (χ0n) is 15.0. The minimum absolute atomic E-state index is 0.134. The highest BCUT2D eigenvalue weighted by atomic mass is 35.5. The monoisotopic (exact) mass is 388 g/mol. The Kier molecular flexibility index (Phi) is 6.96. The third-order valence-electron chi connectivity index (χ3n) is 3.89. The fourth-order valence-electron chi connectivity index (χ4n) is 2.51. The molecule has 2 rings (SSSR count). The van der Waals surface area contributed by atoms with Crippen LogP contribution in [-0.2, 0) is 16.0 Å². The van der Waals surface area contributed by atoms with Crippen LogP contribution in [0.1, 0.15) is 29.8 Å².